The zero-order valence-corrected chi connectivity index (χ0v) is 14.4. The van der Waals surface area contributed by atoms with Crippen LogP contribution in [0.4, 0.5) is 0 Å². The molecule has 25 heavy (non-hydrogen) atoms. The molecule has 3 aromatic rings. The second-order valence-electron chi connectivity index (χ2n) is 5.44. The molecule has 0 amide bonds. The molecule has 0 aliphatic carbocycles. The van der Waals surface area contributed by atoms with Crippen molar-refractivity contribution in [1.29, 1.82) is 0 Å². The average Bonchev–Trinajstić information content (AvgIpc) is 3.28. The van der Waals surface area contributed by atoms with Gasteiger partial charge < -0.3 is 19.2 Å². The summed E-state index contributed by atoms with van der Waals surface area (Å²) in [6.07, 6.45) is 0.279. The highest BCUT2D eigenvalue weighted by atomic mass is 32.1. The lowest BCUT2D eigenvalue weighted by atomic mass is 10.2. The minimum Gasteiger partial charge on any atom is -0.550 e. The van der Waals surface area contributed by atoms with Gasteiger partial charge in [-0.05, 0) is 54.6 Å². The van der Waals surface area contributed by atoms with Crippen LogP contribution < -0.4 is 5.11 Å². The van der Waals surface area contributed by atoms with Gasteiger partial charge in [0, 0.05) is 17.4 Å². The normalized spacial score (nSPS) is 10.6. The number of carbonyl (C=O) groups excluding carboxylic acids is 2. The van der Waals surface area contributed by atoms with Crippen LogP contribution in [0.1, 0.15) is 22.5 Å². The smallest absolute Gasteiger partial charge is 0.337 e. The summed E-state index contributed by atoms with van der Waals surface area (Å²) >= 11 is 1.60. The van der Waals surface area contributed by atoms with Crippen LogP contribution >= 0.6 is 11.3 Å². The Morgan fingerprint density at radius 1 is 1.16 bits per heavy atom. The van der Waals surface area contributed by atoms with E-state index < -0.39 is 11.9 Å². The van der Waals surface area contributed by atoms with Crippen molar-refractivity contribution in [1.82, 2.24) is 4.57 Å². The molecular formula is C19H16NO4S-. The number of ether oxygens (including phenoxy) is 1. The lowest BCUT2D eigenvalue weighted by Gasteiger charge is -2.14. The minimum atomic E-state index is -1.09. The molecule has 0 aliphatic heterocycles. The van der Waals surface area contributed by atoms with Gasteiger partial charge in [0.15, 0.2) is 0 Å². The predicted molar refractivity (Wildman–Crippen MR) is 93.7 cm³/mol. The summed E-state index contributed by atoms with van der Waals surface area (Å²) in [5.41, 5.74) is 3.02. The minimum absolute atomic E-state index is 0.0649. The molecule has 0 aliphatic rings. The SMILES string of the molecule is COC(=O)c1cccc(-n2c(CCC(=O)[O-])ccc2-c2cccs2)c1. The number of nitrogens with zero attached hydrogens (tertiary/aromatic N) is 1. The van der Waals surface area contributed by atoms with Gasteiger partial charge in [-0.2, -0.15) is 0 Å². The van der Waals surface area contributed by atoms with Crippen LogP contribution in [0.2, 0.25) is 0 Å². The molecule has 0 spiro atoms. The Kier molecular flexibility index (Phi) is 5.00. The zero-order valence-electron chi connectivity index (χ0n) is 13.6. The van der Waals surface area contributed by atoms with Crippen LogP contribution in [0.5, 0.6) is 0 Å². The maximum atomic E-state index is 11.8. The number of aromatic nitrogens is 1. The molecule has 2 heterocycles. The fraction of sp³-hybridized carbons (Fsp3) is 0.158. The Labute approximate surface area is 149 Å². The zero-order chi connectivity index (χ0) is 17.8. The Morgan fingerprint density at radius 2 is 2.00 bits per heavy atom. The van der Waals surface area contributed by atoms with Gasteiger partial charge in [-0.1, -0.05) is 12.1 Å². The first kappa shape index (κ1) is 17.0. The number of methoxy groups -OCH3 is 1. The second-order valence-corrected chi connectivity index (χ2v) is 6.38. The van der Waals surface area contributed by atoms with Crippen molar-refractivity contribution in [3.63, 3.8) is 0 Å². The Morgan fingerprint density at radius 3 is 2.68 bits per heavy atom. The van der Waals surface area contributed by atoms with Crippen LogP contribution in [-0.4, -0.2) is 23.6 Å². The van der Waals surface area contributed by atoms with Crippen LogP contribution in [0.3, 0.4) is 0 Å². The fourth-order valence-corrected chi connectivity index (χ4v) is 3.46. The number of hydrogen-bond donors (Lipinski definition) is 0. The van der Waals surface area contributed by atoms with E-state index in [0.29, 0.717) is 12.0 Å². The number of aryl methyl sites for hydroxylation is 1. The third-order valence-corrected chi connectivity index (χ3v) is 4.74. The van der Waals surface area contributed by atoms with E-state index in [1.807, 2.05) is 40.3 Å². The molecule has 2 aromatic heterocycles. The Bertz CT molecular complexity index is 896. The maximum Gasteiger partial charge on any atom is 0.337 e. The molecule has 0 saturated heterocycles. The van der Waals surface area contributed by atoms with Crippen LogP contribution in [0, 0.1) is 0 Å². The first-order chi connectivity index (χ1) is 12.1. The number of rotatable bonds is 6. The highest BCUT2D eigenvalue weighted by Gasteiger charge is 2.14. The van der Waals surface area contributed by atoms with Gasteiger partial charge >= 0.3 is 5.97 Å². The summed E-state index contributed by atoms with van der Waals surface area (Å²) in [7, 11) is 1.34. The van der Waals surface area contributed by atoms with Crippen molar-refractivity contribution in [3.8, 4) is 16.3 Å². The van der Waals surface area contributed by atoms with Gasteiger partial charge in [0.1, 0.15) is 0 Å². The highest BCUT2D eigenvalue weighted by molar-refractivity contribution is 7.13. The summed E-state index contributed by atoms with van der Waals surface area (Å²) in [6, 6.07) is 14.9. The molecule has 0 unspecified atom stereocenters. The lowest BCUT2D eigenvalue weighted by Crippen LogP contribution is -2.22. The molecular weight excluding hydrogens is 338 g/mol. The topological polar surface area (TPSA) is 71.4 Å². The summed E-state index contributed by atoms with van der Waals surface area (Å²) in [5, 5.41) is 12.8. The molecule has 0 bridgehead atoms. The van der Waals surface area contributed by atoms with Gasteiger partial charge in [-0.3, -0.25) is 0 Å². The first-order valence-electron chi connectivity index (χ1n) is 7.73. The van der Waals surface area contributed by atoms with E-state index in [4.69, 9.17) is 4.74 Å². The Hall–Kier alpha value is -2.86. The van der Waals surface area contributed by atoms with Crippen LogP contribution in [0.25, 0.3) is 16.3 Å². The summed E-state index contributed by atoms with van der Waals surface area (Å²) in [4.78, 5) is 23.8. The molecule has 0 fully saturated rings. The van der Waals surface area contributed by atoms with Crippen molar-refractivity contribution >= 4 is 23.3 Å². The van der Waals surface area contributed by atoms with E-state index in [1.165, 1.54) is 7.11 Å². The van der Waals surface area contributed by atoms with Crippen LogP contribution in [-0.2, 0) is 16.0 Å². The maximum absolute atomic E-state index is 11.8. The van der Waals surface area contributed by atoms with E-state index >= 15 is 0 Å². The summed E-state index contributed by atoms with van der Waals surface area (Å²) in [6.45, 7) is 0. The molecule has 3 rings (SSSR count). The number of carboxylic acid groups (broad SMARTS) is 1. The molecule has 0 saturated carbocycles. The fourth-order valence-electron chi connectivity index (χ4n) is 2.72. The van der Waals surface area contributed by atoms with Crippen LogP contribution in [0.15, 0.2) is 53.9 Å². The van der Waals surface area contributed by atoms with Crippen molar-refractivity contribution in [2.75, 3.05) is 7.11 Å². The largest absolute Gasteiger partial charge is 0.550 e. The molecule has 0 atom stereocenters. The quantitative estimate of drug-likeness (QED) is 0.638. The van der Waals surface area contributed by atoms with Crippen molar-refractivity contribution in [2.45, 2.75) is 12.8 Å². The van der Waals surface area contributed by atoms with Crippen molar-refractivity contribution in [3.05, 3.63) is 65.2 Å². The number of esters is 1. The number of thiophene rings is 1. The van der Waals surface area contributed by atoms with Crippen molar-refractivity contribution < 1.29 is 19.4 Å². The molecule has 1 aromatic carbocycles. The van der Waals surface area contributed by atoms with Gasteiger partial charge in [0.2, 0.25) is 0 Å². The second kappa shape index (κ2) is 7.36. The first-order valence-corrected chi connectivity index (χ1v) is 8.61. The summed E-state index contributed by atoms with van der Waals surface area (Å²) < 4.78 is 6.76. The number of benzene rings is 1. The third kappa shape index (κ3) is 3.64. The molecule has 0 radical (unpaired) electrons. The van der Waals surface area contributed by atoms with Gasteiger partial charge in [0.25, 0.3) is 0 Å². The van der Waals surface area contributed by atoms with Crippen molar-refractivity contribution in [2.24, 2.45) is 0 Å². The van der Waals surface area contributed by atoms with E-state index in [1.54, 1.807) is 29.5 Å². The average molecular weight is 354 g/mol. The number of aliphatic carboxylic acids is 1. The molecule has 0 N–H and O–H groups in total. The molecule has 6 heteroatoms. The lowest BCUT2D eigenvalue weighted by molar-refractivity contribution is -0.305. The third-order valence-electron chi connectivity index (χ3n) is 3.85. The van der Waals surface area contributed by atoms with E-state index in [-0.39, 0.29) is 6.42 Å². The van der Waals surface area contributed by atoms with E-state index in [0.717, 1.165) is 22.0 Å². The highest BCUT2D eigenvalue weighted by Crippen LogP contribution is 2.30. The standard InChI is InChI=1S/C19H17NO4S/c1-24-19(23)13-4-2-5-15(12-13)20-14(8-10-18(21)22)7-9-16(20)17-6-3-11-25-17/h2-7,9,11-12H,8,10H2,1H3,(H,21,22)/p-1. The molecule has 128 valence electrons. The van der Waals surface area contributed by atoms with E-state index in [9.17, 15) is 14.7 Å². The number of carbonyl (C=O) groups is 2. The van der Waals surface area contributed by atoms with Gasteiger partial charge in [-0.25, -0.2) is 4.79 Å². The molecule has 5 nitrogen and oxygen atoms in total. The van der Waals surface area contributed by atoms with Gasteiger partial charge in [-0.15, -0.1) is 11.3 Å². The number of hydrogen-bond acceptors (Lipinski definition) is 5. The predicted octanol–water partition coefficient (Wildman–Crippen LogP) is 2.67. The van der Waals surface area contributed by atoms with E-state index in [2.05, 4.69) is 0 Å². The summed E-state index contributed by atoms with van der Waals surface area (Å²) in [5.74, 6) is -1.50. The monoisotopic (exact) mass is 354 g/mol. The van der Waals surface area contributed by atoms with Gasteiger partial charge in [0.05, 0.1) is 23.2 Å². The number of carboxylic acids is 1. The Balaban J connectivity index is 2.10.